The molecule has 0 aliphatic carbocycles. The summed E-state index contributed by atoms with van der Waals surface area (Å²) in [5.41, 5.74) is 7.44. The molecule has 0 atom stereocenters. The van der Waals surface area contributed by atoms with Gasteiger partial charge >= 0.3 is 0 Å². The maximum Gasteiger partial charge on any atom is 0.258 e. The molecule has 6 nitrogen and oxygen atoms in total. The number of anilines is 1. The molecule has 2 aromatic rings. The smallest absolute Gasteiger partial charge is 0.258 e. The van der Waals surface area contributed by atoms with Crippen LogP contribution in [-0.4, -0.2) is 23.0 Å². The number of hydrogen-bond donors (Lipinski definition) is 2. The number of aromatic nitrogens is 2. The number of ether oxygens (including phenoxy) is 1. The number of nitrogens with two attached hydrogens (primary N) is 1. The molecule has 0 saturated carbocycles. The predicted molar refractivity (Wildman–Crippen MR) is 70.9 cm³/mol. The first-order chi connectivity index (χ1) is 9.24. The van der Waals surface area contributed by atoms with Crippen LogP contribution in [0.5, 0.6) is 5.75 Å². The molecule has 2 rings (SSSR count). The largest absolute Gasteiger partial charge is 0.495 e. The molecule has 3 N–H and O–H groups in total. The van der Waals surface area contributed by atoms with Crippen molar-refractivity contribution in [3.63, 3.8) is 0 Å². The maximum atomic E-state index is 12.0. The number of benzene rings is 1. The average molecular weight is 258 g/mol. The molecule has 0 saturated heterocycles. The second-order valence-electron chi connectivity index (χ2n) is 3.82. The van der Waals surface area contributed by atoms with Gasteiger partial charge in [-0.25, -0.2) is 9.97 Å². The Labute approximate surface area is 110 Å². The van der Waals surface area contributed by atoms with Crippen LogP contribution in [0.1, 0.15) is 15.9 Å². The number of nitrogens with one attached hydrogen (secondary N) is 1. The van der Waals surface area contributed by atoms with Gasteiger partial charge in [0.05, 0.1) is 18.4 Å². The second kappa shape index (κ2) is 5.92. The highest BCUT2D eigenvalue weighted by molar-refractivity contribution is 6.04. The molecule has 0 bridgehead atoms. The lowest BCUT2D eigenvalue weighted by molar-refractivity contribution is 0.102. The zero-order chi connectivity index (χ0) is 13.7. The molecule has 98 valence electrons. The van der Waals surface area contributed by atoms with E-state index in [1.807, 2.05) is 6.07 Å². The molecule has 0 radical (unpaired) electrons. The number of amides is 1. The lowest BCUT2D eigenvalue weighted by atomic mass is 10.2. The van der Waals surface area contributed by atoms with Crippen molar-refractivity contribution in [3.8, 4) is 5.75 Å². The Morgan fingerprint density at radius 3 is 2.74 bits per heavy atom. The first kappa shape index (κ1) is 13.0. The van der Waals surface area contributed by atoms with Crippen LogP contribution in [0.4, 0.5) is 5.69 Å². The van der Waals surface area contributed by atoms with Gasteiger partial charge < -0.3 is 15.8 Å². The van der Waals surface area contributed by atoms with E-state index in [1.165, 1.54) is 25.8 Å². The first-order valence-electron chi connectivity index (χ1n) is 5.68. The topological polar surface area (TPSA) is 90.1 Å². The van der Waals surface area contributed by atoms with Crippen LogP contribution in [-0.2, 0) is 6.54 Å². The van der Waals surface area contributed by atoms with E-state index in [4.69, 9.17) is 10.5 Å². The number of methoxy groups -OCH3 is 1. The van der Waals surface area contributed by atoms with Crippen LogP contribution in [0.15, 0.2) is 36.9 Å². The van der Waals surface area contributed by atoms with Gasteiger partial charge in [0.1, 0.15) is 12.1 Å². The fourth-order valence-corrected chi connectivity index (χ4v) is 1.58. The summed E-state index contributed by atoms with van der Waals surface area (Å²) in [5.74, 6) is 0.271. The minimum absolute atomic E-state index is 0.292. The van der Waals surface area contributed by atoms with Gasteiger partial charge in [-0.1, -0.05) is 6.07 Å². The van der Waals surface area contributed by atoms with Crippen molar-refractivity contribution < 1.29 is 9.53 Å². The third-order valence-electron chi connectivity index (χ3n) is 2.57. The molecule has 0 fully saturated rings. The van der Waals surface area contributed by atoms with Gasteiger partial charge in [0.15, 0.2) is 0 Å². The monoisotopic (exact) mass is 258 g/mol. The molecule has 0 spiro atoms. The summed E-state index contributed by atoms with van der Waals surface area (Å²) in [7, 11) is 1.54. The lowest BCUT2D eigenvalue weighted by Gasteiger charge is -2.11. The molecule has 6 heteroatoms. The molecule has 1 aromatic heterocycles. The van der Waals surface area contributed by atoms with Crippen molar-refractivity contribution >= 4 is 11.6 Å². The Hall–Kier alpha value is -2.47. The summed E-state index contributed by atoms with van der Waals surface area (Å²) in [6, 6.07) is 5.37. The Morgan fingerprint density at radius 2 is 2.11 bits per heavy atom. The summed E-state index contributed by atoms with van der Waals surface area (Å²) < 4.78 is 5.22. The van der Waals surface area contributed by atoms with E-state index in [1.54, 1.807) is 12.1 Å². The lowest BCUT2D eigenvalue weighted by Crippen LogP contribution is -2.13. The molecule has 1 aromatic carbocycles. The maximum absolute atomic E-state index is 12.0. The van der Waals surface area contributed by atoms with Crippen molar-refractivity contribution in [2.45, 2.75) is 6.54 Å². The highest BCUT2D eigenvalue weighted by Crippen LogP contribution is 2.25. The van der Waals surface area contributed by atoms with Crippen molar-refractivity contribution in [2.75, 3.05) is 12.4 Å². The number of carbonyl (C=O) groups excluding carboxylic acids is 1. The van der Waals surface area contributed by atoms with Crippen LogP contribution in [0, 0.1) is 0 Å². The van der Waals surface area contributed by atoms with Gasteiger partial charge in [0.2, 0.25) is 0 Å². The zero-order valence-corrected chi connectivity index (χ0v) is 10.5. The van der Waals surface area contributed by atoms with Crippen molar-refractivity contribution in [2.24, 2.45) is 5.73 Å². The predicted octanol–water partition coefficient (Wildman–Crippen LogP) is 1.20. The van der Waals surface area contributed by atoms with Gasteiger partial charge in [0.25, 0.3) is 5.91 Å². The normalized spacial score (nSPS) is 10.0. The third kappa shape index (κ3) is 3.05. The van der Waals surface area contributed by atoms with Gasteiger partial charge in [-0.15, -0.1) is 0 Å². The third-order valence-corrected chi connectivity index (χ3v) is 2.57. The molecule has 1 amide bonds. The number of nitrogens with zero attached hydrogens (tertiary/aromatic N) is 2. The van der Waals surface area contributed by atoms with Crippen LogP contribution in [0.25, 0.3) is 0 Å². The first-order valence-corrected chi connectivity index (χ1v) is 5.68. The molecular formula is C13H14N4O2. The van der Waals surface area contributed by atoms with E-state index >= 15 is 0 Å². The minimum Gasteiger partial charge on any atom is -0.495 e. The molecule has 0 aliphatic heterocycles. The van der Waals surface area contributed by atoms with E-state index in [0.29, 0.717) is 23.5 Å². The highest BCUT2D eigenvalue weighted by Gasteiger charge is 2.10. The standard InChI is InChI=1S/C13H14N4O2/c1-19-12-4-9(5-14)2-3-11(12)17-13(18)10-6-15-8-16-7-10/h2-4,6-8H,5,14H2,1H3,(H,17,18). The number of rotatable bonds is 4. The van der Waals surface area contributed by atoms with E-state index in [2.05, 4.69) is 15.3 Å². The Kier molecular flexibility index (Phi) is 4.04. The fraction of sp³-hybridized carbons (Fsp3) is 0.154. The Morgan fingerprint density at radius 1 is 1.37 bits per heavy atom. The summed E-state index contributed by atoms with van der Waals surface area (Å²) in [4.78, 5) is 19.6. The molecule has 1 heterocycles. The quantitative estimate of drug-likeness (QED) is 0.859. The van der Waals surface area contributed by atoms with Crippen molar-refractivity contribution in [3.05, 3.63) is 48.0 Å². The summed E-state index contributed by atoms with van der Waals surface area (Å²) >= 11 is 0. The molecular weight excluding hydrogens is 244 g/mol. The Balaban J connectivity index is 2.21. The second-order valence-corrected chi connectivity index (χ2v) is 3.82. The van der Waals surface area contributed by atoms with Crippen LogP contribution >= 0.6 is 0 Å². The number of carbonyl (C=O) groups is 1. The fourth-order valence-electron chi connectivity index (χ4n) is 1.58. The highest BCUT2D eigenvalue weighted by atomic mass is 16.5. The molecule has 19 heavy (non-hydrogen) atoms. The summed E-state index contributed by atoms with van der Waals surface area (Å²) in [6.07, 6.45) is 4.26. The zero-order valence-electron chi connectivity index (χ0n) is 10.5. The van der Waals surface area contributed by atoms with Gasteiger partial charge in [-0.05, 0) is 17.7 Å². The van der Waals surface area contributed by atoms with E-state index in [-0.39, 0.29) is 5.91 Å². The average Bonchev–Trinajstić information content (AvgIpc) is 2.48. The SMILES string of the molecule is COc1cc(CN)ccc1NC(=O)c1cncnc1. The van der Waals surface area contributed by atoms with Crippen LogP contribution < -0.4 is 15.8 Å². The van der Waals surface area contributed by atoms with Gasteiger partial charge in [-0.2, -0.15) is 0 Å². The molecule has 0 unspecified atom stereocenters. The van der Waals surface area contributed by atoms with E-state index in [9.17, 15) is 4.79 Å². The van der Waals surface area contributed by atoms with Crippen molar-refractivity contribution in [1.29, 1.82) is 0 Å². The number of hydrogen-bond acceptors (Lipinski definition) is 5. The summed E-state index contributed by atoms with van der Waals surface area (Å²) in [6.45, 7) is 0.414. The molecule has 0 aliphatic rings. The van der Waals surface area contributed by atoms with E-state index < -0.39 is 0 Å². The van der Waals surface area contributed by atoms with Gasteiger partial charge in [-0.3, -0.25) is 4.79 Å². The van der Waals surface area contributed by atoms with Crippen LogP contribution in [0.3, 0.4) is 0 Å². The van der Waals surface area contributed by atoms with E-state index in [0.717, 1.165) is 5.56 Å². The van der Waals surface area contributed by atoms with Crippen molar-refractivity contribution in [1.82, 2.24) is 9.97 Å². The van der Waals surface area contributed by atoms with Crippen LogP contribution in [0.2, 0.25) is 0 Å². The van der Waals surface area contributed by atoms with Gasteiger partial charge in [0, 0.05) is 18.9 Å². The summed E-state index contributed by atoms with van der Waals surface area (Å²) in [5, 5.41) is 2.74. The minimum atomic E-state index is -0.292. The Bertz CT molecular complexity index is 572.